The lowest BCUT2D eigenvalue weighted by molar-refractivity contribution is -0.0514. The number of hydrogen-bond donors (Lipinski definition) is 0. The van der Waals surface area contributed by atoms with E-state index in [0.29, 0.717) is 23.2 Å². The SMILES string of the molecule is CCOc1cc([C@H](Cc2c(Cl)cncc2Cl)OC(=O)c2cccc(CN(C(=O)O[C@H]3CN4CCC3CC4)c3ccccc3F)c2)ccc1OC(F)F. The first-order chi connectivity index (χ1) is 25.1. The van der Waals surface area contributed by atoms with Crippen molar-refractivity contribution < 1.29 is 41.7 Å². The van der Waals surface area contributed by atoms with Crippen molar-refractivity contribution in [3.63, 3.8) is 0 Å². The molecule has 3 saturated heterocycles. The molecular weight excluding hydrogens is 722 g/mol. The Morgan fingerprint density at radius 1 is 0.981 bits per heavy atom. The van der Waals surface area contributed by atoms with Gasteiger partial charge in [0.2, 0.25) is 0 Å². The number of piperidine rings is 3. The lowest BCUT2D eigenvalue weighted by Gasteiger charge is -2.44. The fourth-order valence-electron chi connectivity index (χ4n) is 6.57. The third-order valence-electron chi connectivity index (χ3n) is 9.16. The molecular formula is C38H36Cl2F3N3O6. The number of benzene rings is 3. The summed E-state index contributed by atoms with van der Waals surface area (Å²) >= 11 is 12.9. The molecule has 0 unspecified atom stereocenters. The Bertz CT molecular complexity index is 1870. The third-order valence-corrected chi connectivity index (χ3v) is 9.81. The second kappa shape index (κ2) is 16.9. The van der Waals surface area contributed by atoms with Crippen molar-refractivity contribution in [3.8, 4) is 11.5 Å². The van der Waals surface area contributed by atoms with E-state index in [-0.39, 0.29) is 64.4 Å². The predicted molar refractivity (Wildman–Crippen MR) is 189 cm³/mol. The van der Waals surface area contributed by atoms with E-state index in [1.165, 1.54) is 53.7 Å². The Morgan fingerprint density at radius 2 is 1.73 bits per heavy atom. The number of carbonyl (C=O) groups is 2. The number of amides is 1. The largest absolute Gasteiger partial charge is 0.490 e. The van der Waals surface area contributed by atoms with Gasteiger partial charge in [-0.1, -0.05) is 53.5 Å². The van der Waals surface area contributed by atoms with Gasteiger partial charge < -0.3 is 18.9 Å². The average Bonchev–Trinajstić information content (AvgIpc) is 3.13. The van der Waals surface area contributed by atoms with Gasteiger partial charge in [0.25, 0.3) is 0 Å². The van der Waals surface area contributed by atoms with Crippen LogP contribution in [0.5, 0.6) is 11.5 Å². The number of esters is 1. The van der Waals surface area contributed by atoms with Crippen LogP contribution in [0.4, 0.5) is 23.7 Å². The third kappa shape index (κ3) is 8.91. The molecule has 4 aromatic rings. The van der Waals surface area contributed by atoms with Crippen LogP contribution in [0.3, 0.4) is 0 Å². The van der Waals surface area contributed by atoms with Gasteiger partial charge in [-0.2, -0.15) is 8.78 Å². The first-order valence-electron chi connectivity index (χ1n) is 16.8. The Hall–Kier alpha value is -4.52. The van der Waals surface area contributed by atoms with Gasteiger partial charge in [0, 0.05) is 25.4 Å². The van der Waals surface area contributed by atoms with Crippen molar-refractivity contribution in [2.75, 3.05) is 31.1 Å². The fourth-order valence-corrected chi connectivity index (χ4v) is 7.08. The smallest absolute Gasteiger partial charge is 0.415 e. The molecule has 52 heavy (non-hydrogen) atoms. The van der Waals surface area contributed by atoms with Gasteiger partial charge in [0.1, 0.15) is 18.0 Å². The van der Waals surface area contributed by atoms with Crippen LogP contribution < -0.4 is 14.4 Å². The Balaban J connectivity index is 1.27. The summed E-state index contributed by atoms with van der Waals surface area (Å²) in [6.45, 7) is 1.22. The van der Waals surface area contributed by atoms with Crippen molar-refractivity contribution in [1.82, 2.24) is 9.88 Å². The number of alkyl halides is 2. The molecule has 3 aliphatic heterocycles. The van der Waals surface area contributed by atoms with E-state index in [4.69, 9.17) is 37.4 Å². The molecule has 1 aromatic heterocycles. The first kappa shape index (κ1) is 37.2. The van der Waals surface area contributed by atoms with Crippen LogP contribution in [0.15, 0.2) is 79.1 Å². The minimum Gasteiger partial charge on any atom is -0.490 e. The van der Waals surface area contributed by atoms with Crippen molar-refractivity contribution in [1.29, 1.82) is 0 Å². The molecule has 3 fully saturated rings. The average molecular weight is 759 g/mol. The number of halogens is 5. The maximum atomic E-state index is 15.1. The molecule has 4 heterocycles. The predicted octanol–water partition coefficient (Wildman–Crippen LogP) is 8.91. The number of fused-ring (bicyclic) bond motifs is 3. The van der Waals surface area contributed by atoms with Gasteiger partial charge in [-0.3, -0.25) is 14.8 Å². The lowest BCUT2D eigenvalue weighted by atomic mass is 9.86. The van der Waals surface area contributed by atoms with Crippen LogP contribution in [0.1, 0.15) is 52.9 Å². The summed E-state index contributed by atoms with van der Waals surface area (Å²) < 4.78 is 63.6. The molecule has 0 N–H and O–H groups in total. The number of carbonyl (C=O) groups excluding carboxylic acids is 2. The number of anilines is 1. The van der Waals surface area contributed by atoms with E-state index in [2.05, 4.69) is 14.6 Å². The number of nitrogens with zero attached hydrogens (tertiary/aromatic N) is 3. The van der Waals surface area contributed by atoms with Gasteiger partial charge in [-0.15, -0.1) is 0 Å². The molecule has 2 atom stereocenters. The van der Waals surface area contributed by atoms with Crippen molar-refractivity contribution in [3.05, 3.63) is 117 Å². The van der Waals surface area contributed by atoms with Gasteiger partial charge >= 0.3 is 18.7 Å². The van der Waals surface area contributed by atoms with Gasteiger partial charge in [0.15, 0.2) is 11.5 Å². The lowest BCUT2D eigenvalue weighted by Crippen LogP contribution is -2.53. The number of ether oxygens (including phenoxy) is 4. The van der Waals surface area contributed by atoms with Gasteiger partial charge in [-0.25, -0.2) is 14.0 Å². The molecule has 0 saturated carbocycles. The van der Waals surface area contributed by atoms with Crippen LogP contribution in [-0.2, 0) is 22.4 Å². The molecule has 7 rings (SSSR count). The van der Waals surface area contributed by atoms with Crippen LogP contribution in [0.25, 0.3) is 0 Å². The summed E-state index contributed by atoms with van der Waals surface area (Å²) in [5.41, 5.74) is 1.51. The molecule has 274 valence electrons. The summed E-state index contributed by atoms with van der Waals surface area (Å²) in [4.78, 5) is 35.0. The molecule has 0 radical (unpaired) electrons. The summed E-state index contributed by atoms with van der Waals surface area (Å²) in [5, 5.41) is 0.466. The Labute approximate surface area is 309 Å². The second-order valence-electron chi connectivity index (χ2n) is 12.5. The van der Waals surface area contributed by atoms with Crippen LogP contribution in [0.2, 0.25) is 10.0 Å². The number of pyridine rings is 1. The highest BCUT2D eigenvalue weighted by atomic mass is 35.5. The summed E-state index contributed by atoms with van der Waals surface area (Å²) in [6.07, 6.45) is 2.65. The van der Waals surface area contributed by atoms with Crippen LogP contribution in [0, 0.1) is 11.7 Å². The number of aromatic nitrogens is 1. The van der Waals surface area contributed by atoms with E-state index in [1.807, 2.05) is 0 Å². The zero-order chi connectivity index (χ0) is 36.8. The molecule has 1 amide bonds. The summed E-state index contributed by atoms with van der Waals surface area (Å²) in [5.74, 6) is -1.27. The maximum absolute atomic E-state index is 15.1. The van der Waals surface area contributed by atoms with E-state index >= 15 is 4.39 Å². The zero-order valence-corrected chi connectivity index (χ0v) is 29.7. The molecule has 9 nitrogen and oxygen atoms in total. The Morgan fingerprint density at radius 3 is 2.40 bits per heavy atom. The van der Waals surface area contributed by atoms with Gasteiger partial charge in [0.05, 0.1) is 34.4 Å². The van der Waals surface area contributed by atoms with Crippen molar-refractivity contribution in [2.45, 2.75) is 51.6 Å². The maximum Gasteiger partial charge on any atom is 0.415 e. The highest BCUT2D eigenvalue weighted by Gasteiger charge is 2.38. The fraction of sp³-hybridized carbons (Fsp3) is 0.342. The monoisotopic (exact) mass is 757 g/mol. The van der Waals surface area contributed by atoms with Crippen molar-refractivity contribution >= 4 is 41.0 Å². The normalized spacial score (nSPS) is 18.5. The van der Waals surface area contributed by atoms with E-state index in [9.17, 15) is 18.4 Å². The molecule has 0 spiro atoms. The minimum atomic E-state index is -3.09. The molecule has 0 aliphatic carbocycles. The minimum absolute atomic E-state index is 0.00126. The Kier molecular flexibility index (Phi) is 12.1. The number of rotatable bonds is 13. The van der Waals surface area contributed by atoms with Crippen LogP contribution in [-0.4, -0.2) is 60.9 Å². The van der Waals surface area contributed by atoms with E-state index < -0.39 is 30.6 Å². The number of para-hydroxylation sites is 1. The second-order valence-corrected chi connectivity index (χ2v) is 13.3. The standard InChI is InChI=1S/C38H36Cl2F3N3O6/c1-2-49-34-17-25(10-11-32(34)51-37(42)43)33(18-27-28(39)19-44-20-29(27)40)50-36(47)26-7-5-6-23(16-26)21-46(31-9-4-3-8-30(31)41)38(48)52-35-22-45-14-12-24(35)13-15-45/h3-11,16-17,19-20,24,33,35,37H,2,12-15,18,21-22H2,1H3/t33-,35-/m0/s1. The quantitative estimate of drug-likeness (QED) is 0.125. The first-order valence-corrected chi connectivity index (χ1v) is 17.6. The summed E-state index contributed by atoms with van der Waals surface area (Å²) in [7, 11) is 0. The molecule has 2 bridgehead atoms. The highest BCUT2D eigenvalue weighted by Crippen LogP contribution is 2.37. The molecule has 3 aromatic carbocycles. The highest BCUT2D eigenvalue weighted by molar-refractivity contribution is 6.35. The molecule has 3 aliphatic rings. The van der Waals surface area contributed by atoms with E-state index in [0.717, 1.165) is 25.9 Å². The van der Waals surface area contributed by atoms with Gasteiger partial charge in [-0.05, 0) is 91.9 Å². The number of hydrogen-bond acceptors (Lipinski definition) is 8. The topological polar surface area (TPSA) is 90.4 Å². The zero-order valence-electron chi connectivity index (χ0n) is 28.2. The molecule has 14 heteroatoms. The van der Waals surface area contributed by atoms with E-state index in [1.54, 1.807) is 37.3 Å². The summed E-state index contributed by atoms with van der Waals surface area (Å²) in [6, 6.07) is 16.6. The van der Waals surface area contributed by atoms with Crippen LogP contribution >= 0.6 is 23.2 Å². The van der Waals surface area contributed by atoms with Crippen molar-refractivity contribution in [2.24, 2.45) is 5.92 Å².